The number of aromatic nitrogens is 1. The summed E-state index contributed by atoms with van der Waals surface area (Å²) >= 11 is 0. The standard InChI is InChI=1S/C19H16F3N3O5/c20-9-3-13(21)11(14(22)4-9)5-23-18(28)12-7-25-10-6-24(1-2-30-8-10)19(29)15(25)17(27)16(12)26/h3-4,7,10,27H,1-2,5-6,8H2,(H,23,28)/t10-/m0/s1. The fourth-order valence-corrected chi connectivity index (χ4v) is 3.58. The van der Waals surface area contributed by atoms with Crippen LogP contribution in [0.25, 0.3) is 0 Å². The molecule has 158 valence electrons. The molecule has 0 radical (unpaired) electrons. The fraction of sp³-hybridized carbons (Fsp3) is 0.316. The van der Waals surface area contributed by atoms with Gasteiger partial charge in [-0.3, -0.25) is 14.4 Å². The Labute approximate surface area is 167 Å². The molecule has 2 amide bonds. The van der Waals surface area contributed by atoms with Crippen LogP contribution in [0.1, 0.15) is 32.5 Å². The first-order valence-electron chi connectivity index (χ1n) is 9.04. The van der Waals surface area contributed by atoms with E-state index in [1.165, 1.54) is 9.47 Å². The van der Waals surface area contributed by atoms with Gasteiger partial charge in [-0.25, -0.2) is 13.2 Å². The molecule has 1 saturated heterocycles. The van der Waals surface area contributed by atoms with Crippen LogP contribution >= 0.6 is 0 Å². The third-order valence-corrected chi connectivity index (χ3v) is 5.12. The topological polar surface area (TPSA) is 101 Å². The largest absolute Gasteiger partial charge is 0.503 e. The van der Waals surface area contributed by atoms with E-state index in [4.69, 9.17) is 4.74 Å². The molecule has 1 fully saturated rings. The Balaban J connectivity index is 1.67. The molecule has 30 heavy (non-hydrogen) atoms. The van der Waals surface area contributed by atoms with Crippen molar-refractivity contribution < 1.29 is 32.6 Å². The fourth-order valence-electron chi connectivity index (χ4n) is 3.58. The van der Waals surface area contributed by atoms with Gasteiger partial charge in [0.2, 0.25) is 5.43 Å². The number of carbonyl (C=O) groups excluding carboxylic acids is 2. The minimum absolute atomic E-state index is 0.201. The number of halogens is 3. The summed E-state index contributed by atoms with van der Waals surface area (Å²) in [5, 5.41) is 12.5. The van der Waals surface area contributed by atoms with E-state index in [9.17, 15) is 32.7 Å². The number of nitrogens with one attached hydrogen (secondary N) is 1. The Morgan fingerprint density at radius 2 is 1.93 bits per heavy atom. The van der Waals surface area contributed by atoms with E-state index in [0.717, 1.165) is 6.20 Å². The second kappa shape index (κ2) is 7.48. The summed E-state index contributed by atoms with van der Waals surface area (Å²) in [6.45, 7) is 0.426. The summed E-state index contributed by atoms with van der Waals surface area (Å²) in [6, 6.07) is 0.506. The van der Waals surface area contributed by atoms with E-state index in [1.54, 1.807) is 0 Å². The van der Waals surface area contributed by atoms with E-state index in [0.29, 0.717) is 25.3 Å². The smallest absolute Gasteiger partial charge is 0.274 e. The summed E-state index contributed by atoms with van der Waals surface area (Å²) in [6.07, 6.45) is 1.12. The molecule has 0 unspecified atom stereocenters. The SMILES string of the molecule is O=C(NCc1c(F)cc(F)cc1F)c1cn2c(c(O)c1=O)C(=O)N1CCOC[C@@H]2C1. The van der Waals surface area contributed by atoms with Gasteiger partial charge < -0.3 is 24.6 Å². The van der Waals surface area contributed by atoms with Gasteiger partial charge in [-0.1, -0.05) is 0 Å². The highest BCUT2D eigenvalue weighted by Gasteiger charge is 2.36. The lowest BCUT2D eigenvalue weighted by Crippen LogP contribution is -2.45. The number of amides is 2. The highest BCUT2D eigenvalue weighted by molar-refractivity contribution is 5.99. The van der Waals surface area contributed by atoms with Crippen molar-refractivity contribution in [3.63, 3.8) is 0 Å². The molecule has 2 aliphatic rings. The van der Waals surface area contributed by atoms with Crippen molar-refractivity contribution in [2.24, 2.45) is 0 Å². The third kappa shape index (κ3) is 3.30. The molecule has 2 aromatic rings. The second-order valence-electron chi connectivity index (χ2n) is 6.99. The lowest BCUT2D eigenvalue weighted by atomic mass is 10.1. The number of ether oxygens (including phenoxy) is 1. The molecule has 1 aromatic heterocycles. The van der Waals surface area contributed by atoms with E-state index in [2.05, 4.69) is 5.32 Å². The van der Waals surface area contributed by atoms with Gasteiger partial charge in [0.25, 0.3) is 11.8 Å². The van der Waals surface area contributed by atoms with Crippen molar-refractivity contribution in [2.75, 3.05) is 26.3 Å². The zero-order valence-corrected chi connectivity index (χ0v) is 15.5. The van der Waals surface area contributed by atoms with Crippen molar-refractivity contribution >= 4 is 11.8 Å². The summed E-state index contributed by atoms with van der Waals surface area (Å²) in [5.74, 6) is -5.96. The maximum Gasteiger partial charge on any atom is 0.274 e. The second-order valence-corrected chi connectivity index (χ2v) is 6.99. The minimum atomic E-state index is -1.20. The maximum absolute atomic E-state index is 13.8. The van der Waals surface area contributed by atoms with Crippen LogP contribution in [0.2, 0.25) is 0 Å². The van der Waals surface area contributed by atoms with Crippen molar-refractivity contribution in [1.82, 2.24) is 14.8 Å². The van der Waals surface area contributed by atoms with Crippen LogP contribution in [0.5, 0.6) is 5.75 Å². The van der Waals surface area contributed by atoms with Crippen molar-refractivity contribution in [1.29, 1.82) is 0 Å². The monoisotopic (exact) mass is 423 g/mol. The molecule has 8 nitrogen and oxygen atoms in total. The van der Waals surface area contributed by atoms with Gasteiger partial charge in [0.15, 0.2) is 11.4 Å². The summed E-state index contributed by atoms with van der Waals surface area (Å²) in [7, 11) is 0. The lowest BCUT2D eigenvalue weighted by molar-refractivity contribution is 0.0685. The van der Waals surface area contributed by atoms with Crippen molar-refractivity contribution in [3.8, 4) is 5.75 Å². The number of carbonyl (C=O) groups is 2. The normalized spacial score (nSPS) is 18.0. The molecule has 1 aromatic carbocycles. The number of rotatable bonds is 3. The molecule has 0 aliphatic carbocycles. The van der Waals surface area contributed by atoms with Gasteiger partial charge in [-0.05, 0) is 0 Å². The Morgan fingerprint density at radius 3 is 2.63 bits per heavy atom. The number of benzene rings is 1. The first-order chi connectivity index (χ1) is 14.3. The summed E-state index contributed by atoms with van der Waals surface area (Å²) in [5.41, 5.74) is -2.43. The van der Waals surface area contributed by atoms with Crippen LogP contribution in [0.15, 0.2) is 23.1 Å². The quantitative estimate of drug-likeness (QED) is 0.765. The van der Waals surface area contributed by atoms with E-state index in [-0.39, 0.29) is 18.8 Å². The van der Waals surface area contributed by atoms with Crippen molar-refractivity contribution in [2.45, 2.75) is 12.6 Å². The molecule has 1 atom stereocenters. The third-order valence-electron chi connectivity index (χ3n) is 5.12. The van der Waals surface area contributed by atoms with Gasteiger partial charge in [0, 0.05) is 43.5 Å². The molecular formula is C19H16F3N3O5. The number of aromatic hydroxyl groups is 1. The van der Waals surface area contributed by atoms with E-state index in [1.807, 2.05) is 0 Å². The number of pyridine rings is 1. The maximum atomic E-state index is 13.8. The Bertz CT molecular complexity index is 1090. The zero-order valence-electron chi connectivity index (χ0n) is 15.5. The minimum Gasteiger partial charge on any atom is -0.503 e. The van der Waals surface area contributed by atoms with Crippen LogP contribution in [-0.4, -0.2) is 52.7 Å². The summed E-state index contributed by atoms with van der Waals surface area (Å²) in [4.78, 5) is 39.0. The number of fused-ring (bicyclic) bond motifs is 4. The van der Waals surface area contributed by atoms with Crippen LogP contribution in [0.4, 0.5) is 13.2 Å². The average Bonchev–Trinajstić information content (AvgIpc) is 2.91. The number of hydrogen-bond acceptors (Lipinski definition) is 5. The Morgan fingerprint density at radius 1 is 1.23 bits per heavy atom. The molecule has 2 N–H and O–H groups in total. The van der Waals surface area contributed by atoms with Gasteiger partial charge in [-0.15, -0.1) is 0 Å². The zero-order chi connectivity index (χ0) is 21.6. The Kier molecular flexibility index (Phi) is 4.98. The molecule has 0 spiro atoms. The lowest BCUT2D eigenvalue weighted by Gasteiger charge is -2.33. The van der Waals surface area contributed by atoms with Gasteiger partial charge in [-0.2, -0.15) is 0 Å². The number of hydrogen-bond donors (Lipinski definition) is 2. The molecule has 11 heteroatoms. The Hall–Kier alpha value is -3.34. The molecular weight excluding hydrogens is 407 g/mol. The number of nitrogens with zero attached hydrogens (tertiary/aromatic N) is 2. The van der Waals surface area contributed by atoms with E-state index >= 15 is 0 Å². The first kappa shape index (κ1) is 20.0. The molecule has 3 heterocycles. The van der Waals surface area contributed by atoms with Crippen LogP contribution in [0, 0.1) is 17.5 Å². The van der Waals surface area contributed by atoms with Crippen LogP contribution < -0.4 is 10.7 Å². The predicted molar refractivity (Wildman–Crippen MR) is 95.6 cm³/mol. The highest BCUT2D eigenvalue weighted by atomic mass is 19.1. The van der Waals surface area contributed by atoms with Gasteiger partial charge in [0.05, 0.1) is 19.3 Å². The average molecular weight is 423 g/mol. The molecule has 0 saturated carbocycles. The van der Waals surface area contributed by atoms with Gasteiger partial charge in [0.1, 0.15) is 23.0 Å². The van der Waals surface area contributed by atoms with Crippen LogP contribution in [0.3, 0.4) is 0 Å². The summed E-state index contributed by atoms with van der Waals surface area (Å²) < 4.78 is 47.3. The van der Waals surface area contributed by atoms with E-state index < -0.39 is 64.2 Å². The van der Waals surface area contributed by atoms with Gasteiger partial charge >= 0.3 is 0 Å². The highest BCUT2D eigenvalue weighted by Crippen LogP contribution is 2.28. The first-order valence-corrected chi connectivity index (χ1v) is 9.04. The van der Waals surface area contributed by atoms with Crippen LogP contribution in [-0.2, 0) is 11.3 Å². The molecule has 4 rings (SSSR count). The predicted octanol–water partition coefficient (Wildman–Crippen LogP) is 0.928. The molecule has 2 aliphatic heterocycles. The molecule has 2 bridgehead atoms. The van der Waals surface area contributed by atoms with Crippen molar-refractivity contribution in [3.05, 3.63) is 62.8 Å².